The predicted octanol–water partition coefficient (Wildman–Crippen LogP) is 2.54. The molecular weight excluding hydrogens is 316 g/mol. The molecule has 0 bridgehead atoms. The van der Waals surface area contributed by atoms with Crippen molar-refractivity contribution >= 4 is 35.1 Å². The van der Waals surface area contributed by atoms with Crippen LogP contribution in [-0.4, -0.2) is 47.8 Å². The lowest BCUT2D eigenvalue weighted by atomic mass is 10.3. The van der Waals surface area contributed by atoms with Crippen LogP contribution in [-0.2, 0) is 4.74 Å². The zero-order valence-electron chi connectivity index (χ0n) is 12.9. The lowest BCUT2D eigenvalue weighted by Gasteiger charge is -2.27. The van der Waals surface area contributed by atoms with E-state index in [0.717, 1.165) is 25.3 Å². The molecule has 1 aromatic carbocycles. The largest absolute Gasteiger partial charge is 0.378 e. The van der Waals surface area contributed by atoms with Crippen molar-refractivity contribution in [1.29, 1.82) is 0 Å². The molecule has 0 aliphatic carbocycles. The van der Waals surface area contributed by atoms with E-state index >= 15 is 0 Å². The number of nitrogens with one attached hydrogen (secondary N) is 2. The van der Waals surface area contributed by atoms with Gasteiger partial charge in [-0.15, -0.1) is 0 Å². The van der Waals surface area contributed by atoms with Gasteiger partial charge in [0.25, 0.3) is 0 Å². The van der Waals surface area contributed by atoms with Crippen molar-refractivity contribution in [2.75, 3.05) is 48.4 Å². The van der Waals surface area contributed by atoms with Crippen LogP contribution in [0.2, 0.25) is 5.02 Å². The van der Waals surface area contributed by atoms with E-state index < -0.39 is 0 Å². The van der Waals surface area contributed by atoms with Gasteiger partial charge in [0.15, 0.2) is 0 Å². The van der Waals surface area contributed by atoms with E-state index in [9.17, 15) is 0 Å². The molecule has 122 valence electrons. The van der Waals surface area contributed by atoms with Crippen LogP contribution in [0.25, 0.3) is 0 Å². The summed E-state index contributed by atoms with van der Waals surface area (Å²) >= 11 is 5.91. The molecule has 23 heavy (non-hydrogen) atoms. The summed E-state index contributed by atoms with van der Waals surface area (Å²) in [5, 5.41) is 7.02. The van der Waals surface area contributed by atoms with Gasteiger partial charge in [-0.3, -0.25) is 0 Å². The first kappa shape index (κ1) is 15.8. The molecule has 1 aliphatic rings. The minimum atomic E-state index is 0.500. The summed E-state index contributed by atoms with van der Waals surface area (Å²) in [6, 6.07) is 7.40. The lowest BCUT2D eigenvalue weighted by molar-refractivity contribution is 0.122. The number of halogens is 1. The smallest absolute Gasteiger partial charge is 0.233 e. The second-order valence-corrected chi connectivity index (χ2v) is 5.48. The topological polar surface area (TPSA) is 75.2 Å². The summed E-state index contributed by atoms with van der Waals surface area (Å²) in [7, 11) is 0. The van der Waals surface area contributed by atoms with Crippen molar-refractivity contribution in [3.63, 3.8) is 0 Å². The number of anilines is 4. The number of hydrogen-bond acceptors (Lipinski definition) is 7. The van der Waals surface area contributed by atoms with Gasteiger partial charge in [0.1, 0.15) is 0 Å². The van der Waals surface area contributed by atoms with Crippen LogP contribution in [0.3, 0.4) is 0 Å². The highest BCUT2D eigenvalue weighted by molar-refractivity contribution is 6.30. The summed E-state index contributed by atoms with van der Waals surface area (Å²) < 4.78 is 5.38. The molecule has 8 heteroatoms. The van der Waals surface area contributed by atoms with Gasteiger partial charge in [0.2, 0.25) is 17.8 Å². The predicted molar refractivity (Wildman–Crippen MR) is 91.8 cm³/mol. The Morgan fingerprint density at radius 2 is 1.78 bits per heavy atom. The van der Waals surface area contributed by atoms with Crippen molar-refractivity contribution in [3.05, 3.63) is 29.3 Å². The van der Waals surface area contributed by atoms with Gasteiger partial charge in [-0.25, -0.2) is 0 Å². The number of morpholine rings is 1. The Labute approximate surface area is 140 Å². The molecule has 0 spiro atoms. The van der Waals surface area contributed by atoms with Gasteiger partial charge in [-0.2, -0.15) is 15.0 Å². The standard InChI is InChI=1S/C15H19ClN6O/c1-2-17-13-19-14(18-12-5-3-11(16)4-6-12)21-15(20-13)22-7-9-23-10-8-22/h3-6H,2,7-10H2,1H3,(H2,17,18,19,20,21). The Bertz CT molecular complexity index is 645. The van der Waals surface area contributed by atoms with Crippen molar-refractivity contribution in [3.8, 4) is 0 Å². The Morgan fingerprint density at radius 1 is 1.09 bits per heavy atom. The first-order chi connectivity index (χ1) is 11.2. The number of hydrogen-bond donors (Lipinski definition) is 2. The first-order valence-electron chi connectivity index (χ1n) is 7.60. The molecule has 3 rings (SSSR count). The van der Waals surface area contributed by atoms with Gasteiger partial charge in [-0.05, 0) is 31.2 Å². The molecule has 1 saturated heterocycles. The van der Waals surface area contributed by atoms with E-state index in [1.165, 1.54) is 0 Å². The van der Waals surface area contributed by atoms with E-state index in [1.807, 2.05) is 31.2 Å². The minimum absolute atomic E-state index is 0.500. The van der Waals surface area contributed by atoms with Gasteiger partial charge in [0.05, 0.1) is 13.2 Å². The summed E-state index contributed by atoms with van der Waals surface area (Å²) in [6.45, 7) is 5.66. The molecule has 1 aromatic heterocycles. The number of benzene rings is 1. The molecule has 0 atom stereocenters. The Morgan fingerprint density at radius 3 is 2.48 bits per heavy atom. The quantitative estimate of drug-likeness (QED) is 0.870. The van der Waals surface area contributed by atoms with Crippen molar-refractivity contribution in [2.24, 2.45) is 0 Å². The third kappa shape index (κ3) is 4.20. The Hall–Kier alpha value is -2.12. The van der Waals surface area contributed by atoms with Crippen LogP contribution < -0.4 is 15.5 Å². The van der Waals surface area contributed by atoms with Crippen LogP contribution in [0.1, 0.15) is 6.92 Å². The van der Waals surface area contributed by atoms with E-state index in [0.29, 0.717) is 36.1 Å². The number of aromatic nitrogens is 3. The molecule has 0 unspecified atom stereocenters. The number of nitrogens with zero attached hydrogens (tertiary/aromatic N) is 4. The third-order valence-corrected chi connectivity index (χ3v) is 3.60. The average Bonchev–Trinajstić information content (AvgIpc) is 2.58. The van der Waals surface area contributed by atoms with E-state index in [-0.39, 0.29) is 0 Å². The van der Waals surface area contributed by atoms with Crippen LogP contribution in [0.15, 0.2) is 24.3 Å². The van der Waals surface area contributed by atoms with Crippen molar-refractivity contribution in [1.82, 2.24) is 15.0 Å². The molecule has 7 nitrogen and oxygen atoms in total. The summed E-state index contributed by atoms with van der Waals surface area (Å²) in [5.74, 6) is 1.70. The highest BCUT2D eigenvalue weighted by Crippen LogP contribution is 2.20. The van der Waals surface area contributed by atoms with Crippen molar-refractivity contribution in [2.45, 2.75) is 6.92 Å². The molecule has 2 aromatic rings. The van der Waals surface area contributed by atoms with E-state index in [1.54, 1.807) is 0 Å². The van der Waals surface area contributed by atoms with Crippen LogP contribution in [0.5, 0.6) is 0 Å². The van der Waals surface area contributed by atoms with Crippen molar-refractivity contribution < 1.29 is 4.74 Å². The maximum atomic E-state index is 5.91. The van der Waals surface area contributed by atoms with Gasteiger partial charge in [-0.1, -0.05) is 11.6 Å². The van der Waals surface area contributed by atoms with E-state index in [4.69, 9.17) is 16.3 Å². The van der Waals surface area contributed by atoms with Gasteiger partial charge < -0.3 is 20.3 Å². The average molecular weight is 335 g/mol. The lowest BCUT2D eigenvalue weighted by Crippen LogP contribution is -2.37. The molecule has 1 fully saturated rings. The number of ether oxygens (including phenoxy) is 1. The fourth-order valence-corrected chi connectivity index (χ4v) is 2.35. The van der Waals surface area contributed by atoms with Crippen LogP contribution in [0.4, 0.5) is 23.5 Å². The molecule has 0 saturated carbocycles. The second-order valence-electron chi connectivity index (χ2n) is 5.04. The Kier molecular flexibility index (Phi) is 5.09. The molecule has 2 heterocycles. The zero-order valence-corrected chi connectivity index (χ0v) is 13.7. The van der Waals surface area contributed by atoms with E-state index in [2.05, 4.69) is 30.5 Å². The first-order valence-corrected chi connectivity index (χ1v) is 7.97. The minimum Gasteiger partial charge on any atom is -0.378 e. The number of rotatable bonds is 5. The molecule has 1 aliphatic heterocycles. The summed E-state index contributed by atoms with van der Waals surface area (Å²) in [6.07, 6.45) is 0. The zero-order chi connectivity index (χ0) is 16.1. The van der Waals surface area contributed by atoms with Gasteiger partial charge in [0, 0.05) is 30.3 Å². The van der Waals surface area contributed by atoms with Gasteiger partial charge >= 0.3 is 0 Å². The summed E-state index contributed by atoms with van der Waals surface area (Å²) in [4.78, 5) is 15.5. The molecule has 0 amide bonds. The fourth-order valence-electron chi connectivity index (χ4n) is 2.22. The SMILES string of the molecule is CCNc1nc(Nc2ccc(Cl)cc2)nc(N2CCOCC2)n1. The molecular formula is C15H19ClN6O. The highest BCUT2D eigenvalue weighted by Gasteiger charge is 2.16. The normalized spacial score (nSPS) is 14.6. The van der Waals surface area contributed by atoms with Crippen LogP contribution in [0, 0.1) is 0 Å². The monoisotopic (exact) mass is 334 g/mol. The fraction of sp³-hybridized carbons (Fsp3) is 0.400. The maximum Gasteiger partial charge on any atom is 0.233 e. The maximum absolute atomic E-state index is 5.91. The molecule has 0 radical (unpaired) electrons. The highest BCUT2D eigenvalue weighted by atomic mass is 35.5. The second kappa shape index (κ2) is 7.43. The summed E-state index contributed by atoms with van der Waals surface area (Å²) in [5.41, 5.74) is 0.871. The van der Waals surface area contributed by atoms with Crippen LogP contribution >= 0.6 is 11.6 Å². The third-order valence-electron chi connectivity index (χ3n) is 3.35. The Balaban J connectivity index is 1.85. The molecule has 2 N–H and O–H groups in total.